The molecule has 27 heavy (non-hydrogen) atoms. The predicted molar refractivity (Wildman–Crippen MR) is 102 cm³/mol. The highest BCUT2D eigenvalue weighted by atomic mass is 16.5. The van der Waals surface area contributed by atoms with E-state index < -0.39 is 5.97 Å². The van der Waals surface area contributed by atoms with Gasteiger partial charge in [-0.25, -0.2) is 9.48 Å². The summed E-state index contributed by atoms with van der Waals surface area (Å²) in [6.45, 7) is 8.86. The Morgan fingerprint density at radius 3 is 2.52 bits per heavy atom. The molecule has 0 aliphatic heterocycles. The van der Waals surface area contributed by atoms with E-state index in [0.717, 1.165) is 37.2 Å². The second-order valence-corrected chi connectivity index (χ2v) is 6.57. The van der Waals surface area contributed by atoms with Crippen LogP contribution in [-0.4, -0.2) is 32.7 Å². The van der Waals surface area contributed by atoms with E-state index in [4.69, 9.17) is 4.74 Å². The molecule has 0 spiro atoms. The van der Waals surface area contributed by atoms with Gasteiger partial charge in [0.2, 0.25) is 5.78 Å². The van der Waals surface area contributed by atoms with E-state index in [2.05, 4.69) is 16.6 Å². The molecule has 7 nitrogen and oxygen atoms in total. The maximum atomic E-state index is 12.5. The van der Waals surface area contributed by atoms with Gasteiger partial charge in [0.15, 0.2) is 12.3 Å². The van der Waals surface area contributed by atoms with Crippen LogP contribution in [0.25, 0.3) is 0 Å². The first-order valence-corrected chi connectivity index (χ1v) is 9.34. The lowest BCUT2D eigenvalue weighted by atomic mass is 10.1. The summed E-state index contributed by atoms with van der Waals surface area (Å²) in [5, 5.41) is 4.03. The predicted octanol–water partition coefficient (Wildman–Crippen LogP) is 2.91. The van der Waals surface area contributed by atoms with Crippen molar-refractivity contribution in [3.8, 4) is 0 Å². The average molecular weight is 373 g/mol. The Bertz CT molecular complexity index is 880. The van der Waals surface area contributed by atoms with Gasteiger partial charge >= 0.3 is 5.97 Å². The summed E-state index contributed by atoms with van der Waals surface area (Å²) in [6, 6.07) is 4.44. The van der Waals surface area contributed by atoms with E-state index >= 15 is 0 Å². The number of nitrogens with zero attached hydrogens (tertiary/aromatic N) is 3. The van der Waals surface area contributed by atoms with Crippen molar-refractivity contribution in [3.05, 3.63) is 51.2 Å². The van der Waals surface area contributed by atoms with Crippen LogP contribution in [0.2, 0.25) is 0 Å². The third-order valence-corrected chi connectivity index (χ3v) is 4.45. The van der Waals surface area contributed by atoms with Gasteiger partial charge in [-0.05, 0) is 38.8 Å². The summed E-state index contributed by atoms with van der Waals surface area (Å²) < 4.78 is 8.47. The van der Waals surface area contributed by atoms with Crippen LogP contribution in [0, 0.1) is 13.8 Å². The zero-order chi connectivity index (χ0) is 20.0. The largest absolute Gasteiger partial charge is 0.453 e. The Balaban J connectivity index is 2.06. The summed E-state index contributed by atoms with van der Waals surface area (Å²) in [5.74, 6) is -0.964. The Morgan fingerprint density at radius 1 is 1.11 bits per heavy atom. The Labute approximate surface area is 159 Å². The minimum atomic E-state index is -0.712. The number of aromatic nitrogens is 3. The fourth-order valence-electron chi connectivity index (χ4n) is 2.96. The van der Waals surface area contributed by atoms with Gasteiger partial charge in [0.25, 0.3) is 5.56 Å². The molecule has 0 N–H and O–H groups in total. The number of hydrogen-bond acceptors (Lipinski definition) is 5. The molecule has 0 aliphatic rings. The van der Waals surface area contributed by atoms with Gasteiger partial charge in [0.1, 0.15) is 0 Å². The maximum Gasteiger partial charge on any atom is 0.359 e. The topological polar surface area (TPSA) is 83.2 Å². The van der Waals surface area contributed by atoms with Crippen molar-refractivity contribution in [1.29, 1.82) is 0 Å². The van der Waals surface area contributed by atoms with Gasteiger partial charge in [0, 0.05) is 36.1 Å². The van der Waals surface area contributed by atoms with E-state index in [1.165, 1.54) is 16.8 Å². The van der Waals surface area contributed by atoms with Gasteiger partial charge in [-0.15, -0.1) is 0 Å². The van der Waals surface area contributed by atoms with E-state index in [1.807, 2.05) is 26.8 Å². The molecule has 0 fully saturated rings. The number of carbonyl (C=O) groups is 2. The molecule has 2 aromatic rings. The van der Waals surface area contributed by atoms with Gasteiger partial charge in [-0.1, -0.05) is 20.3 Å². The molecule has 7 heteroatoms. The first-order valence-electron chi connectivity index (χ1n) is 9.34. The molecule has 0 atom stereocenters. The van der Waals surface area contributed by atoms with Crippen LogP contribution in [0.4, 0.5) is 0 Å². The minimum absolute atomic E-state index is 0.0231. The quantitative estimate of drug-likeness (QED) is 0.498. The summed E-state index contributed by atoms with van der Waals surface area (Å²) in [5.41, 5.74) is 2.21. The molecule has 0 unspecified atom stereocenters. The SMILES string of the molecule is CCCCn1nc(C(=O)OCC(=O)c2cc(C)n(CCC)c2C)ccc1=O. The number of hydrogen-bond donors (Lipinski definition) is 0. The smallest absolute Gasteiger partial charge is 0.359 e. The number of aryl methyl sites for hydroxylation is 2. The number of unbranched alkanes of at least 4 members (excludes halogenated alkanes) is 1. The van der Waals surface area contributed by atoms with E-state index in [1.54, 1.807) is 0 Å². The molecular formula is C20H27N3O4. The van der Waals surface area contributed by atoms with Crippen LogP contribution in [0.15, 0.2) is 23.0 Å². The van der Waals surface area contributed by atoms with Crippen molar-refractivity contribution >= 4 is 11.8 Å². The fourth-order valence-corrected chi connectivity index (χ4v) is 2.96. The second kappa shape index (κ2) is 9.30. The summed E-state index contributed by atoms with van der Waals surface area (Å²) in [4.78, 5) is 36.5. The van der Waals surface area contributed by atoms with Crippen LogP contribution in [0.1, 0.15) is 65.3 Å². The van der Waals surface area contributed by atoms with E-state index in [9.17, 15) is 14.4 Å². The van der Waals surface area contributed by atoms with E-state index in [0.29, 0.717) is 12.1 Å². The highest BCUT2D eigenvalue weighted by molar-refractivity contribution is 6.00. The molecule has 0 saturated carbocycles. The van der Waals surface area contributed by atoms with Gasteiger partial charge < -0.3 is 9.30 Å². The lowest BCUT2D eigenvalue weighted by Gasteiger charge is -2.08. The monoisotopic (exact) mass is 373 g/mol. The van der Waals surface area contributed by atoms with Crippen molar-refractivity contribution in [2.75, 3.05) is 6.61 Å². The van der Waals surface area contributed by atoms with Gasteiger partial charge in [0.05, 0.1) is 0 Å². The van der Waals surface area contributed by atoms with Crippen molar-refractivity contribution in [2.24, 2.45) is 0 Å². The minimum Gasteiger partial charge on any atom is -0.453 e. The fraction of sp³-hybridized carbons (Fsp3) is 0.500. The van der Waals surface area contributed by atoms with Crippen molar-refractivity contribution in [1.82, 2.24) is 14.3 Å². The van der Waals surface area contributed by atoms with Crippen molar-refractivity contribution in [3.63, 3.8) is 0 Å². The van der Waals surface area contributed by atoms with Gasteiger partial charge in [-0.3, -0.25) is 9.59 Å². The molecule has 2 rings (SSSR count). The lowest BCUT2D eigenvalue weighted by Crippen LogP contribution is -2.25. The average Bonchev–Trinajstić information content (AvgIpc) is 2.93. The lowest BCUT2D eigenvalue weighted by molar-refractivity contribution is 0.0466. The van der Waals surface area contributed by atoms with Crippen LogP contribution in [0.3, 0.4) is 0 Å². The maximum absolute atomic E-state index is 12.5. The Hall–Kier alpha value is -2.70. The molecule has 2 heterocycles. The van der Waals surface area contributed by atoms with Gasteiger partial charge in [-0.2, -0.15) is 5.10 Å². The number of carbonyl (C=O) groups excluding carboxylic acids is 2. The van der Waals surface area contributed by atoms with Crippen molar-refractivity contribution in [2.45, 2.75) is 60.0 Å². The number of rotatable bonds is 9. The third-order valence-electron chi connectivity index (χ3n) is 4.45. The van der Waals surface area contributed by atoms with Crippen molar-refractivity contribution < 1.29 is 14.3 Å². The molecule has 0 saturated heterocycles. The van der Waals surface area contributed by atoms with E-state index in [-0.39, 0.29) is 23.6 Å². The van der Waals surface area contributed by atoms with Crippen LogP contribution >= 0.6 is 0 Å². The highest BCUT2D eigenvalue weighted by Crippen LogP contribution is 2.16. The first kappa shape index (κ1) is 20.6. The molecule has 146 valence electrons. The highest BCUT2D eigenvalue weighted by Gasteiger charge is 2.18. The first-order chi connectivity index (χ1) is 12.9. The number of ketones is 1. The standard InChI is InChI=1S/C20H27N3O4/c1-5-7-11-23-19(25)9-8-17(21-23)20(26)27-13-18(24)16-12-14(3)22(10-6-2)15(16)4/h8-9,12H,5-7,10-11,13H2,1-4H3. The molecule has 0 radical (unpaired) electrons. The van der Waals surface area contributed by atoms with Crippen LogP contribution in [0.5, 0.6) is 0 Å². The zero-order valence-corrected chi connectivity index (χ0v) is 16.4. The normalized spacial score (nSPS) is 10.8. The zero-order valence-electron chi connectivity index (χ0n) is 16.4. The number of Topliss-reactive ketones (excluding diaryl/α,β-unsaturated/α-hetero) is 1. The Morgan fingerprint density at radius 2 is 1.85 bits per heavy atom. The second-order valence-electron chi connectivity index (χ2n) is 6.57. The van der Waals surface area contributed by atoms with Crippen LogP contribution in [-0.2, 0) is 17.8 Å². The third kappa shape index (κ3) is 4.93. The molecule has 0 amide bonds. The molecule has 2 aromatic heterocycles. The molecule has 0 aliphatic carbocycles. The summed E-state index contributed by atoms with van der Waals surface area (Å²) in [7, 11) is 0. The number of ether oxygens (including phenoxy) is 1. The molecular weight excluding hydrogens is 346 g/mol. The summed E-state index contributed by atoms with van der Waals surface area (Å²) >= 11 is 0. The molecule has 0 bridgehead atoms. The Kier molecular flexibility index (Phi) is 7.10. The summed E-state index contributed by atoms with van der Waals surface area (Å²) in [6.07, 6.45) is 2.67. The molecule has 0 aromatic carbocycles. The number of esters is 1. The van der Waals surface area contributed by atoms with Crippen LogP contribution < -0.4 is 5.56 Å².